The van der Waals surface area contributed by atoms with Gasteiger partial charge in [0.15, 0.2) is 0 Å². The van der Waals surface area contributed by atoms with Gasteiger partial charge >= 0.3 is 0 Å². The van der Waals surface area contributed by atoms with Gasteiger partial charge in [-0.1, -0.05) is 50.8 Å². The average Bonchev–Trinajstić information content (AvgIpc) is 3.46. The maximum atomic E-state index is 13.5. The number of carbonyl (C=O) groups is 1. The third kappa shape index (κ3) is 6.91. The van der Waals surface area contributed by atoms with Crippen LogP contribution in [0.4, 0.5) is 11.4 Å². The molecule has 3 aromatic rings. The van der Waals surface area contributed by atoms with Crippen LogP contribution in [0.25, 0.3) is 0 Å². The number of rotatable bonds is 12. The van der Waals surface area contributed by atoms with E-state index < -0.39 is 10.0 Å². The molecule has 1 N–H and O–H groups in total. The van der Waals surface area contributed by atoms with Crippen molar-refractivity contribution in [1.82, 2.24) is 14.9 Å². The first-order valence-corrected chi connectivity index (χ1v) is 14.6. The summed E-state index contributed by atoms with van der Waals surface area (Å²) in [6.07, 6.45) is 9.58. The highest BCUT2D eigenvalue weighted by molar-refractivity contribution is 7.92. The van der Waals surface area contributed by atoms with Crippen molar-refractivity contribution in [3.05, 3.63) is 72.8 Å². The van der Waals surface area contributed by atoms with Crippen molar-refractivity contribution in [1.29, 1.82) is 0 Å². The fourth-order valence-corrected chi connectivity index (χ4v) is 6.11. The topological polar surface area (TPSA) is 89.6 Å². The van der Waals surface area contributed by atoms with Crippen LogP contribution in [0.5, 0.6) is 0 Å². The zero-order valence-electron chi connectivity index (χ0n) is 21.6. The van der Waals surface area contributed by atoms with E-state index in [1.807, 2.05) is 29.2 Å². The zero-order valence-corrected chi connectivity index (χ0v) is 22.4. The van der Waals surface area contributed by atoms with E-state index in [1.54, 1.807) is 42.9 Å². The molecule has 1 amide bonds. The average molecular weight is 524 g/mol. The number of nitrogens with one attached hydrogen (secondary N) is 1. The number of nitrogens with zero attached hydrogens (tertiary/aromatic N) is 4. The second kappa shape index (κ2) is 12.8. The Morgan fingerprint density at radius 2 is 1.65 bits per heavy atom. The first-order valence-electron chi connectivity index (χ1n) is 13.2. The van der Waals surface area contributed by atoms with Crippen molar-refractivity contribution < 1.29 is 13.2 Å². The number of aromatic amines is 1. The lowest BCUT2D eigenvalue weighted by atomic mass is 10.1. The normalized spacial score (nSPS) is 14.1. The minimum Gasteiger partial charge on any atom is -0.368 e. The highest BCUT2D eigenvalue weighted by atomic mass is 32.2. The molecule has 0 bridgehead atoms. The molecule has 9 heteroatoms. The minimum absolute atomic E-state index is 0.149. The summed E-state index contributed by atoms with van der Waals surface area (Å²) in [5.41, 5.74) is 2.31. The van der Waals surface area contributed by atoms with Gasteiger partial charge in [0.25, 0.3) is 10.0 Å². The monoisotopic (exact) mass is 523 g/mol. The number of unbranched alkanes of at least 4 members (excludes halogenated alkanes) is 4. The molecule has 1 aromatic heterocycles. The van der Waals surface area contributed by atoms with Crippen molar-refractivity contribution in [2.24, 2.45) is 0 Å². The number of amides is 1. The lowest BCUT2D eigenvalue weighted by Gasteiger charge is -2.36. The van der Waals surface area contributed by atoms with E-state index in [2.05, 4.69) is 21.8 Å². The molecule has 0 atom stereocenters. The summed E-state index contributed by atoms with van der Waals surface area (Å²) in [7, 11) is -3.77. The lowest BCUT2D eigenvalue weighted by molar-refractivity contribution is -0.131. The highest BCUT2D eigenvalue weighted by Crippen LogP contribution is 2.28. The summed E-state index contributed by atoms with van der Waals surface area (Å²) < 4.78 is 28.4. The fourth-order valence-electron chi connectivity index (χ4n) is 4.64. The zero-order chi connectivity index (χ0) is 26.1. The molecule has 2 aromatic carbocycles. The number of piperazine rings is 1. The molecule has 0 saturated carbocycles. The largest absolute Gasteiger partial charge is 0.368 e. The van der Waals surface area contributed by atoms with E-state index in [4.69, 9.17) is 0 Å². The number of anilines is 2. The third-order valence-corrected chi connectivity index (χ3v) is 8.62. The van der Waals surface area contributed by atoms with Crippen molar-refractivity contribution in [3.8, 4) is 0 Å². The van der Waals surface area contributed by atoms with E-state index in [9.17, 15) is 13.2 Å². The highest BCUT2D eigenvalue weighted by Gasteiger charge is 2.26. The Morgan fingerprint density at radius 1 is 0.946 bits per heavy atom. The van der Waals surface area contributed by atoms with Gasteiger partial charge in [-0.05, 0) is 42.8 Å². The maximum Gasteiger partial charge on any atom is 0.264 e. The maximum absolute atomic E-state index is 13.5. The van der Waals surface area contributed by atoms with Gasteiger partial charge in [0, 0.05) is 44.5 Å². The standard InChI is InChI=1S/C28H37N5O3S/c1-2-3-4-5-9-12-28(34)32-19-17-31(18-20-32)25-13-15-26(16-14-25)33(22-24-21-29-23-30-24)37(35,36)27-10-7-6-8-11-27/h6-8,10-11,13-16,21,23H,2-5,9,12,17-20,22H2,1H3,(H,29,30). The van der Waals surface area contributed by atoms with Gasteiger partial charge in [-0.3, -0.25) is 9.10 Å². The lowest BCUT2D eigenvalue weighted by Crippen LogP contribution is -2.48. The van der Waals surface area contributed by atoms with E-state index in [-0.39, 0.29) is 17.3 Å². The molecule has 37 heavy (non-hydrogen) atoms. The van der Waals surface area contributed by atoms with Crippen LogP contribution < -0.4 is 9.21 Å². The van der Waals surface area contributed by atoms with Gasteiger partial charge in [0.1, 0.15) is 0 Å². The van der Waals surface area contributed by atoms with Crippen LogP contribution in [0.15, 0.2) is 72.0 Å². The molecule has 198 valence electrons. The Labute approximate surface area is 220 Å². The van der Waals surface area contributed by atoms with Crippen molar-refractivity contribution >= 4 is 27.3 Å². The van der Waals surface area contributed by atoms with Crippen LogP contribution >= 0.6 is 0 Å². The molecule has 1 aliphatic rings. The smallest absolute Gasteiger partial charge is 0.264 e. The predicted molar refractivity (Wildman–Crippen MR) is 147 cm³/mol. The van der Waals surface area contributed by atoms with Gasteiger partial charge in [-0.15, -0.1) is 0 Å². The number of imidazole rings is 1. The molecule has 0 spiro atoms. The van der Waals surface area contributed by atoms with Gasteiger partial charge in [-0.2, -0.15) is 0 Å². The van der Waals surface area contributed by atoms with Gasteiger partial charge in [0.2, 0.25) is 5.91 Å². The summed E-state index contributed by atoms with van der Waals surface area (Å²) in [4.78, 5) is 24.1. The molecular weight excluding hydrogens is 486 g/mol. The van der Waals surface area contributed by atoms with Gasteiger partial charge in [-0.25, -0.2) is 13.4 Å². The molecular formula is C28H37N5O3S. The van der Waals surface area contributed by atoms with Gasteiger partial charge in [0.05, 0.1) is 29.1 Å². The summed E-state index contributed by atoms with van der Waals surface area (Å²) in [5.74, 6) is 0.257. The second-order valence-corrected chi connectivity index (χ2v) is 11.3. The van der Waals surface area contributed by atoms with Crippen molar-refractivity contribution in [2.75, 3.05) is 35.4 Å². The fraction of sp³-hybridized carbons (Fsp3) is 0.429. The number of aromatic nitrogens is 2. The first kappa shape index (κ1) is 26.7. The number of hydrogen-bond acceptors (Lipinski definition) is 5. The summed E-state index contributed by atoms with van der Waals surface area (Å²) in [6.45, 7) is 5.30. The first-order chi connectivity index (χ1) is 18.0. The van der Waals surface area contributed by atoms with Crippen LogP contribution in [-0.4, -0.2) is 55.4 Å². The predicted octanol–water partition coefficient (Wildman–Crippen LogP) is 4.81. The SMILES string of the molecule is CCCCCCCC(=O)N1CCN(c2ccc(N(Cc3cnc[nH]3)S(=O)(=O)c3ccccc3)cc2)CC1. The number of hydrogen-bond donors (Lipinski definition) is 1. The van der Waals surface area contributed by atoms with E-state index in [1.165, 1.54) is 23.6 Å². The molecule has 0 unspecified atom stereocenters. The van der Waals surface area contributed by atoms with Crippen LogP contribution in [0, 0.1) is 0 Å². The molecule has 1 aliphatic heterocycles. The second-order valence-electron chi connectivity index (χ2n) is 9.45. The number of benzene rings is 2. The Balaban J connectivity index is 1.40. The number of carbonyl (C=O) groups excluding carboxylic acids is 1. The van der Waals surface area contributed by atoms with Crippen molar-refractivity contribution in [3.63, 3.8) is 0 Å². The van der Waals surface area contributed by atoms with Gasteiger partial charge < -0.3 is 14.8 Å². The molecule has 8 nitrogen and oxygen atoms in total. The summed E-state index contributed by atoms with van der Waals surface area (Å²) in [5, 5.41) is 0. The molecule has 1 fully saturated rings. The molecule has 2 heterocycles. The molecule has 4 rings (SSSR count). The summed E-state index contributed by atoms with van der Waals surface area (Å²) >= 11 is 0. The Hall–Kier alpha value is -3.33. The Morgan fingerprint density at radius 3 is 2.30 bits per heavy atom. The third-order valence-electron chi connectivity index (χ3n) is 6.83. The number of sulfonamides is 1. The van der Waals surface area contributed by atoms with E-state index >= 15 is 0 Å². The van der Waals surface area contributed by atoms with Crippen LogP contribution in [0.3, 0.4) is 0 Å². The molecule has 0 aliphatic carbocycles. The number of H-pyrrole nitrogens is 1. The van der Waals surface area contributed by atoms with Crippen LogP contribution in [-0.2, 0) is 21.4 Å². The quantitative estimate of drug-likeness (QED) is 0.344. The molecule has 0 radical (unpaired) electrons. The van der Waals surface area contributed by atoms with E-state index in [0.717, 1.165) is 31.6 Å². The minimum atomic E-state index is -3.77. The Kier molecular flexibility index (Phi) is 9.22. The van der Waals surface area contributed by atoms with Crippen LogP contribution in [0.2, 0.25) is 0 Å². The van der Waals surface area contributed by atoms with Crippen LogP contribution in [0.1, 0.15) is 51.1 Å². The Bertz CT molecular complexity index is 1210. The molecule has 1 saturated heterocycles. The van der Waals surface area contributed by atoms with Crippen molar-refractivity contribution in [2.45, 2.75) is 56.9 Å². The summed E-state index contributed by atoms with van der Waals surface area (Å²) in [6, 6.07) is 16.1. The van der Waals surface area contributed by atoms with E-state index in [0.29, 0.717) is 30.9 Å².